The Hall–Kier alpha value is -2.89. The Morgan fingerprint density at radius 3 is 2.50 bits per heavy atom. The molecule has 6 heteroatoms. The summed E-state index contributed by atoms with van der Waals surface area (Å²) in [7, 11) is 0. The number of non-ortho nitro benzene ring substituents is 1. The quantitative estimate of drug-likeness (QED) is 0.456. The molecule has 0 radical (unpaired) electrons. The molecule has 0 bridgehead atoms. The van der Waals surface area contributed by atoms with Gasteiger partial charge >= 0.3 is 0 Å². The summed E-state index contributed by atoms with van der Waals surface area (Å²) in [5, 5.41) is 16.7. The van der Waals surface area contributed by atoms with Gasteiger partial charge in [-0.05, 0) is 49.6 Å². The number of anilines is 2. The second kappa shape index (κ2) is 8.10. The van der Waals surface area contributed by atoms with Crippen LogP contribution in [0.1, 0.15) is 24.0 Å². The van der Waals surface area contributed by atoms with Crippen LogP contribution in [0.2, 0.25) is 0 Å². The fraction of sp³-hybridized carbons (Fsp3) is 0.278. The van der Waals surface area contributed by atoms with Crippen LogP contribution < -0.4 is 10.6 Å². The molecule has 2 rings (SSSR count). The van der Waals surface area contributed by atoms with Gasteiger partial charge in [0.2, 0.25) is 5.91 Å². The molecule has 0 aliphatic carbocycles. The average Bonchev–Trinajstić information content (AvgIpc) is 2.56. The number of aryl methyl sites for hydroxylation is 1. The van der Waals surface area contributed by atoms with Gasteiger partial charge in [0, 0.05) is 36.5 Å². The third-order valence-electron chi connectivity index (χ3n) is 3.87. The Morgan fingerprint density at radius 1 is 1.12 bits per heavy atom. The Morgan fingerprint density at radius 2 is 1.83 bits per heavy atom. The average molecular weight is 327 g/mol. The highest BCUT2D eigenvalue weighted by atomic mass is 16.6. The maximum Gasteiger partial charge on any atom is 0.269 e. The molecule has 2 N–H and O–H groups in total. The van der Waals surface area contributed by atoms with Crippen LogP contribution in [0.25, 0.3) is 0 Å². The Balaban J connectivity index is 1.74. The van der Waals surface area contributed by atoms with Crippen LogP contribution in [-0.2, 0) is 4.79 Å². The van der Waals surface area contributed by atoms with E-state index in [4.69, 9.17) is 0 Å². The number of amides is 1. The summed E-state index contributed by atoms with van der Waals surface area (Å²) in [6.45, 7) is 4.62. The minimum atomic E-state index is -0.429. The first-order valence-corrected chi connectivity index (χ1v) is 7.82. The monoisotopic (exact) mass is 327 g/mol. The predicted molar refractivity (Wildman–Crippen MR) is 95.4 cm³/mol. The molecule has 0 saturated carbocycles. The van der Waals surface area contributed by atoms with Crippen LogP contribution in [0.5, 0.6) is 0 Å². The van der Waals surface area contributed by atoms with Gasteiger partial charge in [0.15, 0.2) is 0 Å². The maximum atomic E-state index is 12.0. The van der Waals surface area contributed by atoms with Crippen molar-refractivity contribution in [2.45, 2.75) is 26.7 Å². The van der Waals surface area contributed by atoms with Crippen LogP contribution in [0.3, 0.4) is 0 Å². The number of hydrogen-bond donors (Lipinski definition) is 2. The first-order valence-electron chi connectivity index (χ1n) is 7.82. The first kappa shape index (κ1) is 17.5. The van der Waals surface area contributed by atoms with Crippen molar-refractivity contribution in [2.75, 3.05) is 17.2 Å². The van der Waals surface area contributed by atoms with Gasteiger partial charge < -0.3 is 10.6 Å². The van der Waals surface area contributed by atoms with E-state index in [1.165, 1.54) is 12.1 Å². The molecule has 2 aromatic rings. The molecule has 0 aliphatic rings. The van der Waals surface area contributed by atoms with Crippen LogP contribution in [-0.4, -0.2) is 17.4 Å². The number of benzene rings is 2. The molecule has 0 unspecified atom stereocenters. The lowest BCUT2D eigenvalue weighted by Gasteiger charge is -2.10. The van der Waals surface area contributed by atoms with E-state index in [9.17, 15) is 14.9 Å². The van der Waals surface area contributed by atoms with Gasteiger partial charge in [-0.2, -0.15) is 0 Å². The second-order valence-electron chi connectivity index (χ2n) is 5.63. The Kier molecular flexibility index (Phi) is 5.89. The number of carbonyl (C=O) groups is 1. The van der Waals surface area contributed by atoms with Crippen LogP contribution >= 0.6 is 0 Å². The summed E-state index contributed by atoms with van der Waals surface area (Å²) < 4.78 is 0. The molecule has 2 aromatic carbocycles. The molecule has 1 amide bonds. The highest BCUT2D eigenvalue weighted by molar-refractivity contribution is 5.91. The molecule has 6 nitrogen and oxygen atoms in total. The maximum absolute atomic E-state index is 12.0. The van der Waals surface area contributed by atoms with Crippen molar-refractivity contribution in [2.24, 2.45) is 0 Å². The molecule has 0 heterocycles. The predicted octanol–water partition coefficient (Wildman–Crippen LogP) is 4.04. The molecular weight excluding hydrogens is 306 g/mol. The van der Waals surface area contributed by atoms with Crippen molar-refractivity contribution in [1.82, 2.24) is 0 Å². The van der Waals surface area contributed by atoms with E-state index in [0.717, 1.165) is 22.5 Å². The van der Waals surface area contributed by atoms with Crippen LogP contribution in [0.15, 0.2) is 42.5 Å². The number of nitro groups is 1. The molecule has 0 aliphatic heterocycles. The fourth-order valence-electron chi connectivity index (χ4n) is 2.28. The summed E-state index contributed by atoms with van der Waals surface area (Å²) in [5.74, 6) is -0.0193. The van der Waals surface area contributed by atoms with Crippen molar-refractivity contribution < 1.29 is 9.72 Å². The lowest BCUT2D eigenvalue weighted by Crippen LogP contribution is -2.14. The minimum Gasteiger partial charge on any atom is -0.385 e. The van der Waals surface area contributed by atoms with Crippen LogP contribution in [0, 0.1) is 24.0 Å². The van der Waals surface area contributed by atoms with Gasteiger partial charge in [-0.25, -0.2) is 0 Å². The zero-order chi connectivity index (χ0) is 17.5. The van der Waals surface area contributed by atoms with Crippen LogP contribution in [0.4, 0.5) is 17.1 Å². The zero-order valence-electron chi connectivity index (χ0n) is 13.8. The summed E-state index contributed by atoms with van der Waals surface area (Å²) in [4.78, 5) is 22.1. The van der Waals surface area contributed by atoms with E-state index in [1.807, 2.05) is 32.0 Å². The van der Waals surface area contributed by atoms with Gasteiger partial charge in [-0.3, -0.25) is 14.9 Å². The van der Waals surface area contributed by atoms with E-state index in [2.05, 4.69) is 10.6 Å². The third-order valence-corrected chi connectivity index (χ3v) is 3.87. The standard InChI is InChI=1S/C18H21N3O3/c1-13-5-3-6-17(14(13)2)20-18(22)7-4-12-19-15-8-10-16(11-9-15)21(23)24/h3,5-6,8-11,19H,4,7,12H2,1-2H3,(H,20,22). The van der Waals surface area contributed by atoms with E-state index in [0.29, 0.717) is 19.4 Å². The van der Waals surface area contributed by atoms with Gasteiger partial charge in [-0.15, -0.1) is 0 Å². The highest BCUT2D eigenvalue weighted by Crippen LogP contribution is 2.18. The van der Waals surface area contributed by atoms with Crippen molar-refractivity contribution in [1.29, 1.82) is 0 Å². The smallest absolute Gasteiger partial charge is 0.269 e. The number of nitro benzene ring substituents is 1. The molecule has 0 atom stereocenters. The summed E-state index contributed by atoms with van der Waals surface area (Å²) >= 11 is 0. The molecular formula is C18H21N3O3. The highest BCUT2D eigenvalue weighted by Gasteiger charge is 2.06. The number of hydrogen-bond acceptors (Lipinski definition) is 4. The van der Waals surface area contributed by atoms with Crippen molar-refractivity contribution in [3.05, 3.63) is 63.7 Å². The van der Waals surface area contributed by atoms with Gasteiger partial charge in [0.1, 0.15) is 0 Å². The third kappa shape index (κ3) is 4.81. The Bertz CT molecular complexity index is 727. The molecule has 0 saturated heterocycles. The topological polar surface area (TPSA) is 84.3 Å². The lowest BCUT2D eigenvalue weighted by molar-refractivity contribution is -0.384. The van der Waals surface area contributed by atoms with Gasteiger partial charge in [-0.1, -0.05) is 12.1 Å². The first-order chi connectivity index (χ1) is 11.5. The number of carbonyl (C=O) groups excluding carboxylic acids is 1. The van der Waals surface area contributed by atoms with Crippen molar-refractivity contribution >= 4 is 23.0 Å². The van der Waals surface area contributed by atoms with Crippen molar-refractivity contribution in [3.8, 4) is 0 Å². The van der Waals surface area contributed by atoms with Gasteiger partial charge in [0.05, 0.1) is 4.92 Å². The largest absolute Gasteiger partial charge is 0.385 e. The number of nitrogens with one attached hydrogen (secondary N) is 2. The molecule has 0 aromatic heterocycles. The second-order valence-corrected chi connectivity index (χ2v) is 5.63. The Labute approximate surface area is 141 Å². The van der Waals surface area contributed by atoms with Crippen molar-refractivity contribution in [3.63, 3.8) is 0 Å². The molecule has 0 fully saturated rings. The number of rotatable bonds is 7. The lowest BCUT2D eigenvalue weighted by atomic mass is 10.1. The van der Waals surface area contributed by atoms with E-state index < -0.39 is 4.92 Å². The zero-order valence-corrected chi connectivity index (χ0v) is 13.8. The molecule has 24 heavy (non-hydrogen) atoms. The van der Waals surface area contributed by atoms with E-state index >= 15 is 0 Å². The van der Waals surface area contributed by atoms with Gasteiger partial charge in [0.25, 0.3) is 5.69 Å². The molecule has 0 spiro atoms. The number of nitrogens with zero attached hydrogens (tertiary/aromatic N) is 1. The minimum absolute atomic E-state index is 0.0193. The normalized spacial score (nSPS) is 10.2. The SMILES string of the molecule is Cc1cccc(NC(=O)CCCNc2ccc([N+](=O)[O-])cc2)c1C. The fourth-order valence-corrected chi connectivity index (χ4v) is 2.28. The summed E-state index contributed by atoms with van der Waals surface area (Å²) in [5.41, 5.74) is 3.94. The summed E-state index contributed by atoms with van der Waals surface area (Å²) in [6.07, 6.45) is 1.08. The summed E-state index contributed by atoms with van der Waals surface area (Å²) in [6, 6.07) is 12.1. The van der Waals surface area contributed by atoms with E-state index in [1.54, 1.807) is 12.1 Å². The molecule has 126 valence electrons. The van der Waals surface area contributed by atoms with E-state index in [-0.39, 0.29) is 11.6 Å².